The average molecular weight is 397 g/mol. The zero-order valence-corrected chi connectivity index (χ0v) is 16.8. The van der Waals surface area contributed by atoms with Crippen LogP contribution in [0, 0.1) is 0 Å². The number of carbonyl (C=O) groups is 1. The molecule has 0 saturated carbocycles. The lowest BCUT2D eigenvalue weighted by Gasteiger charge is -2.37. The van der Waals surface area contributed by atoms with Crippen LogP contribution in [0.5, 0.6) is 0 Å². The Hall–Kier alpha value is -2.24. The second-order valence-corrected chi connectivity index (χ2v) is 8.02. The molecule has 2 saturated heterocycles. The number of alkyl halides is 1. The fraction of sp³-hybridized carbons (Fsp3) is 0.458. The molecule has 0 radical (unpaired) electrons. The molecule has 1 amide bonds. The van der Waals surface area contributed by atoms with Crippen molar-refractivity contribution in [2.45, 2.75) is 38.0 Å². The molecule has 154 valence electrons. The van der Waals surface area contributed by atoms with Gasteiger partial charge in [0, 0.05) is 38.6 Å². The predicted octanol–water partition coefficient (Wildman–Crippen LogP) is 3.91. The molecule has 4 nitrogen and oxygen atoms in total. The highest BCUT2D eigenvalue weighted by Crippen LogP contribution is 2.22. The summed E-state index contributed by atoms with van der Waals surface area (Å²) in [5, 5.41) is 0. The molecular weight excluding hydrogens is 367 g/mol. The first-order chi connectivity index (χ1) is 14.2. The van der Waals surface area contributed by atoms with Crippen LogP contribution in [0.4, 0.5) is 4.39 Å². The molecule has 0 bridgehead atoms. The van der Waals surface area contributed by atoms with Crippen LogP contribution in [-0.2, 0) is 16.1 Å². The van der Waals surface area contributed by atoms with Crippen LogP contribution < -0.4 is 0 Å². The topological polar surface area (TPSA) is 32.8 Å². The number of halogens is 1. The van der Waals surface area contributed by atoms with Crippen molar-refractivity contribution in [3.63, 3.8) is 0 Å². The minimum absolute atomic E-state index is 0.0770. The zero-order valence-electron chi connectivity index (χ0n) is 16.8. The first-order valence-corrected chi connectivity index (χ1v) is 10.6. The van der Waals surface area contributed by atoms with E-state index >= 15 is 0 Å². The molecular formula is C24H29FN2O2. The number of amides is 1. The second kappa shape index (κ2) is 9.51. The summed E-state index contributed by atoms with van der Waals surface area (Å²) >= 11 is 0. The number of hydrogen-bond donors (Lipinski definition) is 0. The molecule has 5 heteroatoms. The van der Waals surface area contributed by atoms with Gasteiger partial charge in [-0.1, -0.05) is 54.6 Å². The molecule has 4 rings (SSSR count). The molecule has 2 fully saturated rings. The highest BCUT2D eigenvalue weighted by molar-refractivity contribution is 5.77. The summed E-state index contributed by atoms with van der Waals surface area (Å²) in [7, 11) is 0. The smallest absolute Gasteiger partial charge is 0.224 e. The summed E-state index contributed by atoms with van der Waals surface area (Å²) < 4.78 is 19.0. The molecule has 0 aliphatic carbocycles. The number of likely N-dealkylation sites (tertiary alicyclic amines) is 1. The van der Waals surface area contributed by atoms with Gasteiger partial charge in [0.2, 0.25) is 5.91 Å². The van der Waals surface area contributed by atoms with Gasteiger partial charge in [0.05, 0.1) is 13.2 Å². The van der Waals surface area contributed by atoms with Gasteiger partial charge in [0.15, 0.2) is 0 Å². The molecule has 2 heterocycles. The van der Waals surface area contributed by atoms with Crippen molar-refractivity contribution in [3.05, 3.63) is 60.2 Å². The Morgan fingerprint density at radius 1 is 0.966 bits per heavy atom. The highest BCUT2D eigenvalue weighted by Gasteiger charge is 2.29. The summed E-state index contributed by atoms with van der Waals surface area (Å²) in [6, 6.07) is 19.1. The number of morpholine rings is 1. The normalized spacial score (nSPS) is 21.3. The average Bonchev–Trinajstić information content (AvgIpc) is 2.77. The molecule has 0 N–H and O–H groups in total. The second-order valence-electron chi connectivity index (χ2n) is 8.02. The predicted molar refractivity (Wildman–Crippen MR) is 112 cm³/mol. The van der Waals surface area contributed by atoms with Crippen molar-refractivity contribution in [1.82, 2.24) is 9.80 Å². The Morgan fingerprint density at radius 2 is 1.66 bits per heavy atom. The van der Waals surface area contributed by atoms with E-state index < -0.39 is 6.17 Å². The van der Waals surface area contributed by atoms with Crippen molar-refractivity contribution in [2.24, 2.45) is 0 Å². The van der Waals surface area contributed by atoms with E-state index in [0.29, 0.717) is 45.6 Å². The maximum absolute atomic E-state index is 13.4. The lowest BCUT2D eigenvalue weighted by molar-refractivity contribution is -0.136. The van der Waals surface area contributed by atoms with E-state index in [2.05, 4.69) is 53.4 Å². The van der Waals surface area contributed by atoms with Gasteiger partial charge in [-0.25, -0.2) is 4.39 Å². The number of nitrogens with zero attached hydrogens (tertiary/aromatic N) is 2. The third kappa shape index (κ3) is 5.22. The molecule has 1 atom stereocenters. The SMILES string of the molecule is O=C(C[C@H]1COCCN1Cc1ccc(-c2ccccc2)cc1)N1CCC(F)CC1. The van der Waals surface area contributed by atoms with Gasteiger partial charge in [-0.05, 0) is 29.5 Å². The molecule has 2 aromatic carbocycles. The minimum atomic E-state index is -0.757. The molecule has 2 aliphatic heterocycles. The van der Waals surface area contributed by atoms with Crippen LogP contribution >= 0.6 is 0 Å². The van der Waals surface area contributed by atoms with Gasteiger partial charge in [-0.2, -0.15) is 0 Å². The van der Waals surface area contributed by atoms with Gasteiger partial charge < -0.3 is 9.64 Å². The summed E-state index contributed by atoms with van der Waals surface area (Å²) in [6.07, 6.45) is 0.612. The first kappa shape index (κ1) is 20.0. The largest absolute Gasteiger partial charge is 0.378 e. The lowest BCUT2D eigenvalue weighted by Crippen LogP contribution is -2.48. The Morgan fingerprint density at radius 3 is 2.38 bits per heavy atom. The molecule has 2 aromatic rings. The van der Waals surface area contributed by atoms with Crippen molar-refractivity contribution in [2.75, 3.05) is 32.8 Å². The van der Waals surface area contributed by atoms with Crippen molar-refractivity contribution < 1.29 is 13.9 Å². The summed E-state index contributed by atoms with van der Waals surface area (Å²) in [6.45, 7) is 3.98. The first-order valence-electron chi connectivity index (χ1n) is 10.6. The van der Waals surface area contributed by atoms with E-state index in [-0.39, 0.29) is 11.9 Å². The number of rotatable bonds is 5. The summed E-state index contributed by atoms with van der Waals surface area (Å²) in [5.74, 6) is 0.122. The highest BCUT2D eigenvalue weighted by atomic mass is 19.1. The van der Waals surface area contributed by atoms with Crippen LogP contribution in [0.15, 0.2) is 54.6 Å². The monoisotopic (exact) mass is 396 g/mol. The maximum Gasteiger partial charge on any atom is 0.224 e. The van der Waals surface area contributed by atoms with E-state index in [1.807, 2.05) is 11.0 Å². The number of piperidine rings is 1. The van der Waals surface area contributed by atoms with Crippen LogP contribution in [0.25, 0.3) is 11.1 Å². The van der Waals surface area contributed by atoms with Gasteiger partial charge in [0.25, 0.3) is 0 Å². The number of hydrogen-bond acceptors (Lipinski definition) is 3. The molecule has 0 unspecified atom stereocenters. The third-order valence-corrected chi connectivity index (χ3v) is 5.98. The van der Waals surface area contributed by atoms with Gasteiger partial charge in [-0.3, -0.25) is 9.69 Å². The van der Waals surface area contributed by atoms with Gasteiger partial charge in [0.1, 0.15) is 6.17 Å². The van der Waals surface area contributed by atoms with Gasteiger partial charge >= 0.3 is 0 Å². The minimum Gasteiger partial charge on any atom is -0.378 e. The van der Waals surface area contributed by atoms with E-state index in [4.69, 9.17) is 4.74 Å². The molecule has 2 aliphatic rings. The Labute approximate surface area is 172 Å². The molecule has 29 heavy (non-hydrogen) atoms. The van der Waals surface area contributed by atoms with E-state index in [1.54, 1.807) is 0 Å². The van der Waals surface area contributed by atoms with Crippen LogP contribution in [0.1, 0.15) is 24.8 Å². The third-order valence-electron chi connectivity index (χ3n) is 5.98. The Kier molecular flexibility index (Phi) is 6.57. The Bertz CT molecular complexity index is 788. The maximum atomic E-state index is 13.4. The quantitative estimate of drug-likeness (QED) is 0.768. The number of ether oxygens (including phenoxy) is 1. The fourth-order valence-electron chi connectivity index (χ4n) is 4.18. The van der Waals surface area contributed by atoms with E-state index in [0.717, 1.165) is 13.1 Å². The number of carbonyl (C=O) groups excluding carboxylic acids is 1. The van der Waals surface area contributed by atoms with Crippen molar-refractivity contribution >= 4 is 5.91 Å². The zero-order chi connectivity index (χ0) is 20.1. The van der Waals surface area contributed by atoms with Crippen LogP contribution in [-0.4, -0.2) is 60.8 Å². The standard InChI is InChI=1S/C24H29FN2O2/c25-22-10-12-26(13-11-22)24(28)16-23-18-29-15-14-27(23)17-19-6-8-21(9-7-19)20-4-2-1-3-5-20/h1-9,22-23H,10-18H2/t23-/m0/s1. The number of benzene rings is 2. The summed E-state index contributed by atoms with van der Waals surface area (Å²) in [4.78, 5) is 16.9. The lowest BCUT2D eigenvalue weighted by atomic mass is 10.0. The van der Waals surface area contributed by atoms with Gasteiger partial charge in [-0.15, -0.1) is 0 Å². The van der Waals surface area contributed by atoms with E-state index in [1.165, 1.54) is 16.7 Å². The Balaban J connectivity index is 1.37. The molecule has 0 aromatic heterocycles. The van der Waals surface area contributed by atoms with Crippen molar-refractivity contribution in [3.8, 4) is 11.1 Å². The molecule has 0 spiro atoms. The van der Waals surface area contributed by atoms with Crippen LogP contribution in [0.2, 0.25) is 0 Å². The van der Waals surface area contributed by atoms with E-state index in [9.17, 15) is 9.18 Å². The summed E-state index contributed by atoms with van der Waals surface area (Å²) in [5.41, 5.74) is 3.66. The van der Waals surface area contributed by atoms with Crippen molar-refractivity contribution in [1.29, 1.82) is 0 Å². The fourth-order valence-corrected chi connectivity index (χ4v) is 4.18. The van der Waals surface area contributed by atoms with Crippen LogP contribution in [0.3, 0.4) is 0 Å².